The molecule has 0 bridgehead atoms. The molecule has 0 aromatic heterocycles. The Morgan fingerprint density at radius 2 is 1.83 bits per heavy atom. The van der Waals surface area contributed by atoms with Crippen molar-refractivity contribution < 1.29 is 22.7 Å². The highest BCUT2D eigenvalue weighted by Gasteiger charge is 2.28. The van der Waals surface area contributed by atoms with E-state index in [1.54, 1.807) is 55.5 Å². The molecule has 0 saturated heterocycles. The van der Waals surface area contributed by atoms with Crippen molar-refractivity contribution in [1.29, 1.82) is 0 Å². The Kier molecular flexibility index (Phi) is 9.15. The number of sulfonamides is 1. The van der Waals surface area contributed by atoms with E-state index >= 15 is 0 Å². The summed E-state index contributed by atoms with van der Waals surface area (Å²) < 4.78 is 40.1. The van der Waals surface area contributed by atoms with Crippen molar-refractivity contribution in [3.8, 4) is 5.75 Å². The Balaban J connectivity index is 1.95. The van der Waals surface area contributed by atoms with Gasteiger partial charge in [0, 0.05) is 39.4 Å². The third-order valence-corrected chi connectivity index (χ3v) is 7.79. The Labute approximate surface area is 209 Å². The maximum absolute atomic E-state index is 13.3. The second kappa shape index (κ2) is 11.9. The van der Waals surface area contributed by atoms with Crippen molar-refractivity contribution >= 4 is 21.6 Å². The molecule has 0 fully saturated rings. The average molecular weight is 504 g/mol. The van der Waals surface area contributed by atoms with Crippen LogP contribution in [0.1, 0.15) is 37.6 Å². The van der Waals surface area contributed by atoms with E-state index in [9.17, 15) is 13.2 Å². The van der Waals surface area contributed by atoms with Crippen LogP contribution in [0.3, 0.4) is 0 Å². The number of hydrogen-bond donors (Lipinski definition) is 1. The maximum Gasteiger partial charge on any atom is 0.261 e. The van der Waals surface area contributed by atoms with E-state index in [4.69, 9.17) is 9.47 Å². The SMILES string of the molecule is CCCN1C[C@@H](C)[C@H](OC)CN(C)C(=O)c2ccc(NS(=O)(=O)c3ccccc3)cc2OC[C@@H]1C. The highest BCUT2D eigenvalue weighted by Crippen LogP contribution is 2.28. The maximum atomic E-state index is 13.3. The van der Waals surface area contributed by atoms with Crippen LogP contribution >= 0.6 is 0 Å². The molecule has 2 aromatic rings. The van der Waals surface area contributed by atoms with Crippen LogP contribution in [0.2, 0.25) is 0 Å². The molecule has 1 heterocycles. The summed E-state index contributed by atoms with van der Waals surface area (Å²) in [5.74, 6) is 0.365. The van der Waals surface area contributed by atoms with Crippen LogP contribution in [0.15, 0.2) is 53.4 Å². The molecule has 3 atom stereocenters. The molecule has 1 aliphatic heterocycles. The molecule has 0 radical (unpaired) electrons. The fourth-order valence-corrected chi connectivity index (χ4v) is 5.39. The first kappa shape index (κ1) is 27.0. The average Bonchev–Trinajstić information content (AvgIpc) is 2.84. The van der Waals surface area contributed by atoms with Crippen molar-refractivity contribution in [1.82, 2.24) is 9.80 Å². The molecule has 2 aromatic carbocycles. The Bertz CT molecular complexity index is 1090. The van der Waals surface area contributed by atoms with Gasteiger partial charge in [-0.05, 0) is 50.1 Å². The molecule has 0 saturated carbocycles. The quantitative estimate of drug-likeness (QED) is 0.647. The van der Waals surface area contributed by atoms with Gasteiger partial charge in [0.25, 0.3) is 15.9 Å². The molecule has 1 amide bonds. The third kappa shape index (κ3) is 6.74. The molecule has 1 aliphatic rings. The number of nitrogens with zero attached hydrogens (tertiary/aromatic N) is 2. The molecule has 192 valence electrons. The first-order valence-electron chi connectivity index (χ1n) is 12.0. The first-order valence-corrected chi connectivity index (χ1v) is 13.5. The summed E-state index contributed by atoms with van der Waals surface area (Å²) in [6.45, 7) is 8.94. The zero-order valence-corrected chi connectivity index (χ0v) is 22.0. The summed E-state index contributed by atoms with van der Waals surface area (Å²) in [6, 6.07) is 13.0. The normalized spacial score (nSPS) is 22.5. The standard InChI is InChI=1S/C26H37N3O5S/c1-6-14-29-16-19(2)25(33-5)17-28(4)26(30)23-13-12-21(15-24(23)34-18-20(29)3)27-35(31,32)22-10-8-7-9-11-22/h7-13,15,19-20,25,27H,6,14,16-18H2,1-5H3/t19-,20+,25-/m1/s1. The van der Waals surface area contributed by atoms with E-state index in [1.807, 2.05) is 0 Å². The highest BCUT2D eigenvalue weighted by atomic mass is 32.2. The molecule has 35 heavy (non-hydrogen) atoms. The summed E-state index contributed by atoms with van der Waals surface area (Å²) in [5, 5.41) is 0. The second-order valence-corrected chi connectivity index (χ2v) is 10.9. The minimum Gasteiger partial charge on any atom is -0.491 e. The van der Waals surface area contributed by atoms with Crippen molar-refractivity contribution in [3.63, 3.8) is 0 Å². The number of hydrogen-bond acceptors (Lipinski definition) is 6. The smallest absolute Gasteiger partial charge is 0.261 e. The summed E-state index contributed by atoms with van der Waals surface area (Å²) >= 11 is 0. The predicted molar refractivity (Wildman–Crippen MR) is 137 cm³/mol. The van der Waals surface area contributed by atoms with Gasteiger partial charge in [0.15, 0.2) is 0 Å². The molecule has 8 nitrogen and oxygen atoms in total. The van der Waals surface area contributed by atoms with Gasteiger partial charge in [-0.25, -0.2) is 8.42 Å². The second-order valence-electron chi connectivity index (χ2n) is 9.22. The number of fused-ring (bicyclic) bond motifs is 1. The van der Waals surface area contributed by atoms with Gasteiger partial charge in [-0.2, -0.15) is 0 Å². The van der Waals surface area contributed by atoms with Crippen LogP contribution in [0.4, 0.5) is 5.69 Å². The zero-order valence-electron chi connectivity index (χ0n) is 21.2. The minimum absolute atomic E-state index is 0.0969. The van der Waals surface area contributed by atoms with Crippen LogP contribution < -0.4 is 9.46 Å². The molecule has 0 spiro atoms. The lowest BCUT2D eigenvalue weighted by molar-refractivity contribution is 0.0108. The summed E-state index contributed by atoms with van der Waals surface area (Å²) in [4.78, 5) is 17.5. The molecule has 9 heteroatoms. The summed E-state index contributed by atoms with van der Waals surface area (Å²) in [6.07, 6.45) is 0.894. The Hall–Kier alpha value is -2.62. The number of carbonyl (C=O) groups excluding carboxylic acids is 1. The fraction of sp³-hybridized carbons (Fsp3) is 0.500. The van der Waals surface area contributed by atoms with Gasteiger partial charge >= 0.3 is 0 Å². The topological polar surface area (TPSA) is 88.2 Å². The molecular formula is C26H37N3O5S. The minimum atomic E-state index is -3.77. The van der Waals surface area contributed by atoms with Gasteiger partial charge in [-0.1, -0.05) is 32.0 Å². The van der Waals surface area contributed by atoms with Crippen molar-refractivity contribution in [2.75, 3.05) is 45.1 Å². The van der Waals surface area contributed by atoms with Gasteiger partial charge < -0.3 is 14.4 Å². The molecule has 0 aliphatic carbocycles. The summed E-state index contributed by atoms with van der Waals surface area (Å²) in [7, 11) is -0.347. The number of amides is 1. The number of rotatable bonds is 6. The highest BCUT2D eigenvalue weighted by molar-refractivity contribution is 7.92. The van der Waals surface area contributed by atoms with E-state index in [2.05, 4.69) is 30.4 Å². The lowest BCUT2D eigenvalue weighted by atomic mass is 10.0. The lowest BCUT2D eigenvalue weighted by Crippen LogP contribution is -2.46. The van der Waals surface area contributed by atoms with E-state index in [0.29, 0.717) is 30.2 Å². The lowest BCUT2D eigenvalue weighted by Gasteiger charge is -2.35. The van der Waals surface area contributed by atoms with Gasteiger partial charge in [-0.3, -0.25) is 14.4 Å². The Morgan fingerprint density at radius 3 is 2.49 bits per heavy atom. The zero-order chi connectivity index (χ0) is 25.6. The van der Waals surface area contributed by atoms with Gasteiger partial charge in [-0.15, -0.1) is 0 Å². The van der Waals surface area contributed by atoms with Crippen LogP contribution in [0.5, 0.6) is 5.75 Å². The van der Waals surface area contributed by atoms with Gasteiger partial charge in [0.2, 0.25) is 0 Å². The van der Waals surface area contributed by atoms with E-state index in [0.717, 1.165) is 19.5 Å². The number of anilines is 1. The third-order valence-electron chi connectivity index (χ3n) is 6.39. The van der Waals surface area contributed by atoms with Gasteiger partial charge in [0.05, 0.1) is 22.3 Å². The molecular weight excluding hydrogens is 466 g/mol. The largest absolute Gasteiger partial charge is 0.491 e. The van der Waals surface area contributed by atoms with Crippen LogP contribution in [0, 0.1) is 5.92 Å². The number of nitrogens with one attached hydrogen (secondary N) is 1. The van der Waals surface area contributed by atoms with Crippen molar-refractivity contribution in [2.24, 2.45) is 5.92 Å². The van der Waals surface area contributed by atoms with Crippen LogP contribution in [-0.2, 0) is 14.8 Å². The van der Waals surface area contributed by atoms with Gasteiger partial charge in [0.1, 0.15) is 12.4 Å². The molecule has 1 N–H and O–H groups in total. The van der Waals surface area contributed by atoms with E-state index < -0.39 is 10.0 Å². The van der Waals surface area contributed by atoms with E-state index in [1.165, 1.54) is 12.1 Å². The molecule has 0 unspecified atom stereocenters. The Morgan fingerprint density at radius 1 is 1.11 bits per heavy atom. The van der Waals surface area contributed by atoms with Crippen LogP contribution in [0.25, 0.3) is 0 Å². The van der Waals surface area contributed by atoms with Crippen molar-refractivity contribution in [2.45, 2.75) is 44.2 Å². The van der Waals surface area contributed by atoms with Crippen molar-refractivity contribution in [3.05, 3.63) is 54.1 Å². The number of carbonyl (C=O) groups is 1. The first-order chi connectivity index (χ1) is 16.7. The number of methoxy groups -OCH3 is 1. The fourth-order valence-electron chi connectivity index (χ4n) is 4.32. The number of benzene rings is 2. The molecule has 3 rings (SSSR count). The number of ether oxygens (including phenoxy) is 2. The number of likely N-dealkylation sites (N-methyl/N-ethyl adjacent to an activating group) is 1. The summed E-state index contributed by atoms with van der Waals surface area (Å²) in [5.41, 5.74) is 0.712. The van der Waals surface area contributed by atoms with E-state index in [-0.39, 0.29) is 28.9 Å². The monoisotopic (exact) mass is 503 g/mol. The van der Waals surface area contributed by atoms with Crippen LogP contribution in [-0.4, -0.2) is 76.7 Å². The predicted octanol–water partition coefficient (Wildman–Crippen LogP) is 3.70.